The van der Waals surface area contributed by atoms with Crippen LogP contribution >= 0.6 is 0 Å². The molecule has 8 nitrogen and oxygen atoms in total. The summed E-state index contributed by atoms with van der Waals surface area (Å²) in [6.45, 7) is 3.15. The van der Waals surface area contributed by atoms with E-state index in [1.54, 1.807) is 0 Å². The fourth-order valence-corrected chi connectivity index (χ4v) is 2.17. The van der Waals surface area contributed by atoms with Crippen molar-refractivity contribution in [3.8, 4) is 11.5 Å². The van der Waals surface area contributed by atoms with Crippen LogP contribution in [0.3, 0.4) is 0 Å². The number of hydrogen-bond donors (Lipinski definition) is 3. The van der Waals surface area contributed by atoms with Crippen LogP contribution in [0.25, 0.3) is 0 Å². The molecule has 24 heavy (non-hydrogen) atoms. The largest absolute Gasteiger partial charge is 0.493 e. The molecule has 1 aromatic carbocycles. The van der Waals surface area contributed by atoms with Gasteiger partial charge in [0.2, 0.25) is 5.91 Å². The van der Waals surface area contributed by atoms with Crippen LogP contribution in [0.15, 0.2) is 12.1 Å². The van der Waals surface area contributed by atoms with E-state index >= 15 is 0 Å². The predicted octanol–water partition coefficient (Wildman–Crippen LogP) is 1.65. The van der Waals surface area contributed by atoms with Crippen molar-refractivity contribution in [3.05, 3.63) is 17.7 Å². The van der Waals surface area contributed by atoms with E-state index in [0.717, 1.165) is 0 Å². The van der Waals surface area contributed by atoms with E-state index in [2.05, 4.69) is 10.6 Å². The SMILES string of the molecule is CCCC(NC(=O)c1cc(NC(C)=O)c(OC)c(OC)c1)C(=O)O. The van der Waals surface area contributed by atoms with Gasteiger partial charge in [-0.2, -0.15) is 0 Å². The smallest absolute Gasteiger partial charge is 0.326 e. The van der Waals surface area contributed by atoms with Gasteiger partial charge in [0.25, 0.3) is 5.91 Å². The standard InChI is InChI=1S/C16H22N2O6/c1-5-6-11(16(21)22)18-15(20)10-7-12(17-9(2)19)14(24-4)13(8-10)23-3/h7-8,11H,5-6H2,1-4H3,(H,17,19)(H,18,20)(H,21,22). The normalized spacial score (nSPS) is 11.3. The number of carbonyl (C=O) groups is 3. The van der Waals surface area contributed by atoms with Crippen LogP contribution in [-0.2, 0) is 9.59 Å². The Bertz CT molecular complexity index is 629. The van der Waals surface area contributed by atoms with Crippen LogP contribution < -0.4 is 20.1 Å². The van der Waals surface area contributed by atoms with Crippen molar-refractivity contribution in [2.24, 2.45) is 0 Å². The van der Waals surface area contributed by atoms with E-state index in [1.165, 1.54) is 33.3 Å². The van der Waals surface area contributed by atoms with E-state index in [4.69, 9.17) is 14.6 Å². The third-order valence-electron chi connectivity index (χ3n) is 3.23. The second-order valence-electron chi connectivity index (χ2n) is 5.09. The number of amides is 2. The minimum absolute atomic E-state index is 0.152. The molecule has 0 spiro atoms. The number of carboxylic acid groups (broad SMARTS) is 1. The lowest BCUT2D eigenvalue weighted by atomic mass is 10.1. The highest BCUT2D eigenvalue weighted by Crippen LogP contribution is 2.36. The highest BCUT2D eigenvalue weighted by atomic mass is 16.5. The molecule has 0 aliphatic rings. The van der Waals surface area contributed by atoms with Crippen LogP contribution in [0.5, 0.6) is 11.5 Å². The van der Waals surface area contributed by atoms with E-state index < -0.39 is 17.9 Å². The second-order valence-corrected chi connectivity index (χ2v) is 5.09. The molecule has 0 aliphatic carbocycles. The molecule has 3 N–H and O–H groups in total. The number of carboxylic acids is 1. The minimum atomic E-state index is -1.10. The summed E-state index contributed by atoms with van der Waals surface area (Å²) in [6, 6.07) is 1.84. The third-order valence-corrected chi connectivity index (χ3v) is 3.23. The quantitative estimate of drug-likeness (QED) is 0.664. The lowest BCUT2D eigenvalue weighted by Crippen LogP contribution is -2.40. The van der Waals surface area contributed by atoms with Gasteiger partial charge >= 0.3 is 5.97 Å². The lowest BCUT2D eigenvalue weighted by molar-refractivity contribution is -0.139. The lowest BCUT2D eigenvalue weighted by Gasteiger charge is -2.17. The first kappa shape index (κ1) is 19.3. The molecule has 0 aliphatic heterocycles. The van der Waals surface area contributed by atoms with Gasteiger partial charge in [0.1, 0.15) is 6.04 Å². The number of carbonyl (C=O) groups excluding carboxylic acids is 2. The summed E-state index contributed by atoms with van der Waals surface area (Å²) in [4.78, 5) is 34.9. The molecule has 1 atom stereocenters. The van der Waals surface area contributed by atoms with Gasteiger partial charge < -0.3 is 25.2 Å². The third kappa shape index (κ3) is 4.87. The van der Waals surface area contributed by atoms with Gasteiger partial charge in [0, 0.05) is 12.5 Å². The maximum atomic E-state index is 12.4. The monoisotopic (exact) mass is 338 g/mol. The number of ether oxygens (including phenoxy) is 2. The average Bonchev–Trinajstić information content (AvgIpc) is 2.52. The Hall–Kier alpha value is -2.77. The first-order valence-corrected chi connectivity index (χ1v) is 7.41. The molecule has 0 heterocycles. The molecule has 1 unspecified atom stereocenters. The molecule has 1 rings (SSSR count). The molecule has 8 heteroatoms. The molecular weight excluding hydrogens is 316 g/mol. The van der Waals surface area contributed by atoms with Gasteiger partial charge in [-0.15, -0.1) is 0 Å². The van der Waals surface area contributed by atoms with Crippen molar-refractivity contribution >= 4 is 23.5 Å². The van der Waals surface area contributed by atoms with Crippen LogP contribution in [0.4, 0.5) is 5.69 Å². The summed E-state index contributed by atoms with van der Waals surface area (Å²) < 4.78 is 10.4. The topological polar surface area (TPSA) is 114 Å². The number of aliphatic carboxylic acids is 1. The predicted molar refractivity (Wildman–Crippen MR) is 87.6 cm³/mol. The fourth-order valence-electron chi connectivity index (χ4n) is 2.17. The van der Waals surface area contributed by atoms with Gasteiger partial charge in [-0.25, -0.2) is 4.79 Å². The summed E-state index contributed by atoms with van der Waals surface area (Å²) in [5.74, 6) is -1.51. The van der Waals surface area contributed by atoms with Gasteiger partial charge in [-0.05, 0) is 18.6 Å². The Morgan fingerprint density at radius 2 is 1.88 bits per heavy atom. The van der Waals surface area contributed by atoms with Crippen molar-refractivity contribution in [1.29, 1.82) is 0 Å². The highest BCUT2D eigenvalue weighted by molar-refractivity contribution is 6.00. The van der Waals surface area contributed by atoms with Crippen molar-refractivity contribution in [2.45, 2.75) is 32.7 Å². The molecular formula is C16H22N2O6. The molecule has 132 valence electrons. The number of rotatable bonds is 8. The van der Waals surface area contributed by atoms with Crippen LogP contribution in [0.2, 0.25) is 0 Å². The molecule has 0 saturated carbocycles. The summed E-state index contributed by atoms with van der Waals surface area (Å²) in [7, 11) is 2.80. The van der Waals surface area contributed by atoms with Gasteiger partial charge in [0.15, 0.2) is 11.5 Å². The van der Waals surface area contributed by atoms with Crippen molar-refractivity contribution in [2.75, 3.05) is 19.5 Å². The van der Waals surface area contributed by atoms with Crippen molar-refractivity contribution in [3.63, 3.8) is 0 Å². The van der Waals surface area contributed by atoms with Crippen molar-refractivity contribution < 1.29 is 29.0 Å². The fraction of sp³-hybridized carbons (Fsp3) is 0.438. The van der Waals surface area contributed by atoms with Crippen LogP contribution in [-0.4, -0.2) is 43.2 Å². The van der Waals surface area contributed by atoms with Crippen molar-refractivity contribution in [1.82, 2.24) is 5.32 Å². The zero-order chi connectivity index (χ0) is 18.3. The Morgan fingerprint density at radius 1 is 1.21 bits per heavy atom. The summed E-state index contributed by atoms with van der Waals surface area (Å²) in [6.07, 6.45) is 0.924. The zero-order valence-corrected chi connectivity index (χ0v) is 14.1. The number of nitrogens with one attached hydrogen (secondary N) is 2. The van der Waals surface area contributed by atoms with Crippen LogP contribution in [0, 0.1) is 0 Å². The molecule has 0 fully saturated rings. The second kappa shape index (κ2) is 8.76. The summed E-state index contributed by atoms with van der Waals surface area (Å²) in [5.41, 5.74) is 0.413. The van der Waals surface area contributed by atoms with Crippen LogP contribution in [0.1, 0.15) is 37.0 Å². The molecule has 0 aromatic heterocycles. The minimum Gasteiger partial charge on any atom is -0.493 e. The molecule has 0 radical (unpaired) electrons. The first-order chi connectivity index (χ1) is 11.3. The Kier molecular flexibility index (Phi) is 7.03. The number of methoxy groups -OCH3 is 2. The Labute approximate surface area is 140 Å². The number of benzene rings is 1. The first-order valence-electron chi connectivity index (χ1n) is 7.41. The number of hydrogen-bond acceptors (Lipinski definition) is 5. The van der Waals surface area contributed by atoms with E-state index in [1.807, 2.05) is 6.92 Å². The summed E-state index contributed by atoms with van der Waals surface area (Å²) >= 11 is 0. The molecule has 1 aromatic rings. The maximum Gasteiger partial charge on any atom is 0.326 e. The molecule has 2 amide bonds. The summed E-state index contributed by atoms with van der Waals surface area (Å²) in [5, 5.41) is 14.2. The van der Waals surface area contributed by atoms with E-state index in [-0.39, 0.29) is 28.7 Å². The Balaban J connectivity index is 3.20. The van der Waals surface area contributed by atoms with Gasteiger partial charge in [0.05, 0.1) is 19.9 Å². The van der Waals surface area contributed by atoms with Gasteiger partial charge in [-0.3, -0.25) is 9.59 Å². The average molecular weight is 338 g/mol. The maximum absolute atomic E-state index is 12.4. The zero-order valence-electron chi connectivity index (χ0n) is 14.1. The molecule has 0 saturated heterocycles. The Morgan fingerprint density at radius 3 is 2.33 bits per heavy atom. The van der Waals surface area contributed by atoms with Gasteiger partial charge in [-0.1, -0.05) is 13.3 Å². The van der Waals surface area contributed by atoms with E-state index in [0.29, 0.717) is 12.8 Å². The highest BCUT2D eigenvalue weighted by Gasteiger charge is 2.22. The molecule has 0 bridgehead atoms. The number of anilines is 1. The van der Waals surface area contributed by atoms with E-state index in [9.17, 15) is 14.4 Å².